The van der Waals surface area contributed by atoms with Crippen LogP contribution >= 0.6 is 0 Å². The second kappa shape index (κ2) is 5.91. The molecule has 3 heteroatoms. The van der Waals surface area contributed by atoms with Gasteiger partial charge < -0.3 is 0 Å². The van der Waals surface area contributed by atoms with E-state index >= 15 is 0 Å². The molecule has 0 unspecified atom stereocenters. The molecule has 0 aromatic carbocycles. The molecule has 0 aromatic heterocycles. The molecule has 0 saturated carbocycles. The Morgan fingerprint density at radius 2 is 1.79 bits per heavy atom. The van der Waals surface area contributed by atoms with Gasteiger partial charge in [0.25, 0.3) is 5.91 Å². The monoisotopic (exact) mass is 193 g/mol. The summed E-state index contributed by atoms with van der Waals surface area (Å²) in [5.41, 5.74) is 1.07. The average Bonchev–Trinajstić information content (AvgIpc) is 2.19. The predicted molar refractivity (Wildman–Crippen MR) is 56.5 cm³/mol. The zero-order valence-electron chi connectivity index (χ0n) is 8.59. The van der Waals surface area contributed by atoms with Crippen molar-refractivity contribution in [1.29, 1.82) is 0 Å². The van der Waals surface area contributed by atoms with Crippen molar-refractivity contribution in [3.8, 4) is 0 Å². The van der Waals surface area contributed by atoms with Crippen molar-refractivity contribution in [3.63, 3.8) is 0 Å². The van der Waals surface area contributed by atoms with E-state index in [0.29, 0.717) is 11.1 Å². The Morgan fingerprint density at radius 1 is 1.21 bits per heavy atom. The van der Waals surface area contributed by atoms with E-state index < -0.39 is 5.91 Å². The van der Waals surface area contributed by atoms with Gasteiger partial charge >= 0.3 is 0 Å². The first-order valence-electron chi connectivity index (χ1n) is 4.51. The van der Waals surface area contributed by atoms with Crippen molar-refractivity contribution in [2.24, 2.45) is 0 Å². The maximum atomic E-state index is 11.1. The van der Waals surface area contributed by atoms with E-state index in [4.69, 9.17) is 0 Å². The quantitative estimate of drug-likeness (QED) is 0.679. The van der Waals surface area contributed by atoms with E-state index in [9.17, 15) is 9.59 Å². The first kappa shape index (κ1) is 12.4. The number of hydrogen-bond donors (Lipinski definition) is 1. The van der Waals surface area contributed by atoms with Gasteiger partial charge in [-0.25, -0.2) is 0 Å². The summed E-state index contributed by atoms with van der Waals surface area (Å²) in [7, 11) is 0. The lowest BCUT2D eigenvalue weighted by Gasteiger charge is -2.14. The molecule has 76 valence electrons. The van der Waals surface area contributed by atoms with Crippen molar-refractivity contribution in [2.75, 3.05) is 0 Å². The highest BCUT2D eigenvalue weighted by molar-refractivity contribution is 6.10. The fourth-order valence-corrected chi connectivity index (χ4v) is 1.06. The normalized spacial score (nSPS) is 15.3. The van der Waals surface area contributed by atoms with Crippen molar-refractivity contribution in [2.45, 2.75) is 20.3 Å². The Bertz CT molecular complexity index is 300. The highest BCUT2D eigenvalue weighted by Gasteiger charge is 2.20. The zero-order chi connectivity index (χ0) is 11.1. The van der Waals surface area contributed by atoms with Crippen LogP contribution in [0.5, 0.6) is 0 Å². The van der Waals surface area contributed by atoms with Gasteiger partial charge in [0.2, 0.25) is 5.91 Å². The molecule has 3 nitrogen and oxygen atoms in total. The first-order valence-corrected chi connectivity index (χ1v) is 4.51. The summed E-state index contributed by atoms with van der Waals surface area (Å²) in [5.74, 6) is -0.684. The minimum Gasteiger partial charge on any atom is -0.292 e. The van der Waals surface area contributed by atoms with Crippen LogP contribution in [-0.4, -0.2) is 11.8 Å². The van der Waals surface area contributed by atoms with Crippen molar-refractivity contribution in [1.82, 2.24) is 5.32 Å². The van der Waals surface area contributed by atoms with Gasteiger partial charge in [-0.3, -0.25) is 14.9 Å². The van der Waals surface area contributed by atoms with Crippen LogP contribution in [0.2, 0.25) is 0 Å². The fourth-order valence-electron chi connectivity index (χ4n) is 1.06. The maximum Gasteiger partial charge on any atom is 0.258 e. The summed E-state index contributed by atoms with van der Waals surface area (Å²) in [6.45, 7) is 11.0. The van der Waals surface area contributed by atoms with Crippen LogP contribution in [-0.2, 0) is 9.59 Å². The van der Waals surface area contributed by atoms with Gasteiger partial charge in [0.1, 0.15) is 0 Å². The van der Waals surface area contributed by atoms with Crippen LogP contribution in [0.3, 0.4) is 0 Å². The largest absolute Gasteiger partial charge is 0.292 e. The Labute approximate surface area is 84.2 Å². The number of allylic oxidation sites excluding steroid dienone is 1. The lowest BCUT2D eigenvalue weighted by Crippen LogP contribution is -2.35. The van der Waals surface area contributed by atoms with Crippen molar-refractivity contribution < 1.29 is 9.59 Å². The van der Waals surface area contributed by atoms with Crippen LogP contribution in [0.25, 0.3) is 0 Å². The number of imide groups is 1. The molecule has 1 aliphatic heterocycles. The molecule has 0 bridgehead atoms. The molecule has 2 amide bonds. The summed E-state index contributed by atoms with van der Waals surface area (Å²) in [4.78, 5) is 22.0. The molecule has 0 aromatic rings. The summed E-state index contributed by atoms with van der Waals surface area (Å²) >= 11 is 0. The Hall–Kier alpha value is -1.64. The lowest BCUT2D eigenvalue weighted by molar-refractivity contribution is -0.128. The van der Waals surface area contributed by atoms with Gasteiger partial charge in [-0.05, 0) is 5.57 Å². The number of hydrogen-bond acceptors (Lipinski definition) is 2. The molecule has 1 aliphatic rings. The van der Waals surface area contributed by atoms with E-state index in [1.54, 1.807) is 0 Å². The van der Waals surface area contributed by atoms with Gasteiger partial charge in [-0.1, -0.05) is 39.2 Å². The summed E-state index contributed by atoms with van der Waals surface area (Å²) in [5, 5.41) is 2.19. The molecule has 0 saturated heterocycles. The molecular weight excluding hydrogens is 178 g/mol. The van der Waals surface area contributed by atoms with E-state index in [1.165, 1.54) is 12.2 Å². The molecule has 1 heterocycles. The third kappa shape index (κ3) is 2.69. The summed E-state index contributed by atoms with van der Waals surface area (Å²) in [6.07, 6.45) is 3.14. The number of nitrogens with one attached hydrogen (secondary N) is 1. The highest BCUT2D eigenvalue weighted by Crippen LogP contribution is 2.15. The summed E-state index contributed by atoms with van der Waals surface area (Å²) < 4.78 is 0. The first-order chi connectivity index (χ1) is 6.69. The maximum absolute atomic E-state index is 11.1. The molecular formula is C11H15NO2. The smallest absolute Gasteiger partial charge is 0.258 e. The van der Waals surface area contributed by atoms with Gasteiger partial charge in [0.15, 0.2) is 0 Å². The number of carbonyl (C=O) groups is 2. The predicted octanol–water partition coefficient (Wildman–Crippen LogP) is 1.73. The minimum absolute atomic E-state index is 0.205. The molecule has 14 heavy (non-hydrogen) atoms. The van der Waals surface area contributed by atoms with Gasteiger partial charge in [0, 0.05) is 5.57 Å². The molecule has 0 fully saturated rings. The molecule has 0 spiro atoms. The second-order valence-electron chi connectivity index (χ2n) is 2.40. The standard InChI is InChI=1S/C9H9NO2.C2H6/c1-3-6-5-8(11)10-9(12)7(6)4-2;1-2/h3-4H,1-2,5H2,(H,10,11,12);1-2H3. The molecule has 0 aliphatic carbocycles. The van der Waals surface area contributed by atoms with E-state index in [1.807, 2.05) is 13.8 Å². The molecule has 0 atom stereocenters. The van der Waals surface area contributed by atoms with Crippen LogP contribution < -0.4 is 5.32 Å². The van der Waals surface area contributed by atoms with Gasteiger partial charge in [-0.15, -0.1) is 0 Å². The van der Waals surface area contributed by atoms with Gasteiger partial charge in [0.05, 0.1) is 6.42 Å². The molecule has 0 radical (unpaired) electrons. The summed E-state index contributed by atoms with van der Waals surface area (Å²) in [6, 6.07) is 0. The van der Waals surface area contributed by atoms with Gasteiger partial charge in [-0.2, -0.15) is 0 Å². The van der Waals surface area contributed by atoms with Crippen molar-refractivity contribution in [3.05, 3.63) is 36.5 Å². The Morgan fingerprint density at radius 3 is 2.21 bits per heavy atom. The Kier molecular flexibility index (Phi) is 5.22. The van der Waals surface area contributed by atoms with Crippen LogP contribution in [0.4, 0.5) is 0 Å². The second-order valence-corrected chi connectivity index (χ2v) is 2.40. The SMILES string of the molecule is C=CC1=C(C=C)C(=O)NC(=O)C1.CC. The van der Waals surface area contributed by atoms with Crippen molar-refractivity contribution >= 4 is 11.8 Å². The fraction of sp³-hybridized carbons (Fsp3) is 0.273. The van der Waals surface area contributed by atoms with Crippen LogP contribution in [0.1, 0.15) is 20.3 Å². The van der Waals surface area contributed by atoms with Crippen LogP contribution in [0, 0.1) is 0 Å². The lowest BCUT2D eigenvalue weighted by atomic mass is 10.0. The van der Waals surface area contributed by atoms with E-state index in [0.717, 1.165) is 0 Å². The topological polar surface area (TPSA) is 46.2 Å². The van der Waals surface area contributed by atoms with E-state index in [2.05, 4.69) is 18.5 Å². The third-order valence-corrected chi connectivity index (χ3v) is 1.65. The number of carbonyl (C=O) groups excluding carboxylic acids is 2. The van der Waals surface area contributed by atoms with Crippen LogP contribution in [0.15, 0.2) is 36.5 Å². The molecule has 1 rings (SSSR count). The number of rotatable bonds is 2. The Balaban J connectivity index is 0.000000791. The zero-order valence-corrected chi connectivity index (χ0v) is 8.59. The minimum atomic E-state index is -0.392. The molecule has 1 N–H and O–H groups in total. The van der Waals surface area contributed by atoms with E-state index in [-0.39, 0.29) is 12.3 Å². The third-order valence-electron chi connectivity index (χ3n) is 1.65. The average molecular weight is 193 g/mol. The number of amides is 2. The highest BCUT2D eigenvalue weighted by atomic mass is 16.2.